The molecule has 0 radical (unpaired) electrons. The summed E-state index contributed by atoms with van der Waals surface area (Å²) in [6.07, 6.45) is 1.30. The van der Waals surface area contributed by atoms with Crippen LogP contribution in [0.2, 0.25) is 5.15 Å². The normalized spacial score (nSPS) is 24.6. The summed E-state index contributed by atoms with van der Waals surface area (Å²) in [7, 11) is 0. The van der Waals surface area contributed by atoms with Gasteiger partial charge in [-0.05, 0) is 0 Å². The molecule has 1 aliphatic rings. The zero-order valence-corrected chi connectivity index (χ0v) is 9.50. The number of anilines is 1. The Balaban J connectivity index is 2.11. The molecule has 0 spiro atoms. The molecule has 1 saturated heterocycles. The summed E-state index contributed by atoms with van der Waals surface area (Å²) in [5.74, 6) is 0.0859. The second-order valence-corrected chi connectivity index (χ2v) is 4.23. The van der Waals surface area contributed by atoms with Gasteiger partial charge in [0, 0.05) is 6.42 Å². The van der Waals surface area contributed by atoms with Gasteiger partial charge in [0.15, 0.2) is 10.8 Å². The molecule has 1 aliphatic heterocycles. The van der Waals surface area contributed by atoms with Crippen molar-refractivity contribution in [2.75, 3.05) is 12.3 Å². The number of rotatable bonds is 1. The Morgan fingerprint density at radius 1 is 1.53 bits per heavy atom. The SMILES string of the molecule is Nc1nc(Cl)c2ncn(C3CC(O)CO3)c2n1. The average molecular weight is 256 g/mol. The molecule has 3 heterocycles. The van der Waals surface area contributed by atoms with Crippen molar-refractivity contribution < 1.29 is 9.84 Å². The standard InChI is InChI=1S/C9H10ClN5O2/c10-7-6-8(14-9(11)13-7)15(3-12-6)5-1-4(16)2-17-5/h3-5,16H,1-2H2,(H2,11,13,14). The molecule has 2 aromatic heterocycles. The van der Waals surface area contributed by atoms with Gasteiger partial charge in [0.1, 0.15) is 11.7 Å². The van der Waals surface area contributed by atoms with E-state index in [-0.39, 0.29) is 17.3 Å². The van der Waals surface area contributed by atoms with Gasteiger partial charge in [-0.2, -0.15) is 9.97 Å². The first-order chi connectivity index (χ1) is 8.15. The van der Waals surface area contributed by atoms with Crippen LogP contribution in [0.4, 0.5) is 5.95 Å². The Labute approximate surface area is 101 Å². The molecule has 3 rings (SSSR count). The molecular formula is C9H10ClN5O2. The van der Waals surface area contributed by atoms with Crippen molar-refractivity contribution in [3.63, 3.8) is 0 Å². The van der Waals surface area contributed by atoms with Crippen molar-refractivity contribution in [3.05, 3.63) is 11.5 Å². The molecule has 0 saturated carbocycles. The Hall–Kier alpha value is -1.44. The van der Waals surface area contributed by atoms with Gasteiger partial charge in [-0.25, -0.2) is 4.98 Å². The molecule has 0 amide bonds. The molecule has 2 unspecified atom stereocenters. The van der Waals surface area contributed by atoms with Gasteiger partial charge in [-0.3, -0.25) is 4.57 Å². The molecule has 2 aromatic rings. The third-order valence-corrected chi connectivity index (χ3v) is 2.92. The predicted octanol–water partition coefficient (Wildman–Crippen LogP) is 0.342. The maximum absolute atomic E-state index is 9.44. The number of imidazole rings is 1. The zero-order chi connectivity index (χ0) is 12.0. The van der Waals surface area contributed by atoms with Gasteiger partial charge in [0.25, 0.3) is 0 Å². The molecule has 0 aromatic carbocycles. The van der Waals surface area contributed by atoms with Crippen molar-refractivity contribution in [2.45, 2.75) is 18.8 Å². The molecule has 2 atom stereocenters. The van der Waals surface area contributed by atoms with Crippen LogP contribution in [-0.4, -0.2) is 37.3 Å². The molecule has 1 fully saturated rings. The highest BCUT2D eigenvalue weighted by Crippen LogP contribution is 2.28. The van der Waals surface area contributed by atoms with E-state index in [0.717, 1.165) is 0 Å². The number of halogens is 1. The van der Waals surface area contributed by atoms with Gasteiger partial charge >= 0.3 is 0 Å². The molecule has 3 N–H and O–H groups in total. The van der Waals surface area contributed by atoms with E-state index in [2.05, 4.69) is 15.0 Å². The fourth-order valence-corrected chi connectivity index (χ4v) is 2.11. The van der Waals surface area contributed by atoms with Crippen LogP contribution in [0.3, 0.4) is 0 Å². The fourth-order valence-electron chi connectivity index (χ4n) is 1.89. The van der Waals surface area contributed by atoms with E-state index >= 15 is 0 Å². The van der Waals surface area contributed by atoms with E-state index in [9.17, 15) is 5.11 Å². The lowest BCUT2D eigenvalue weighted by molar-refractivity contribution is 0.0502. The van der Waals surface area contributed by atoms with E-state index in [0.29, 0.717) is 24.2 Å². The summed E-state index contributed by atoms with van der Waals surface area (Å²) in [5.41, 5.74) is 6.53. The monoisotopic (exact) mass is 255 g/mol. The molecular weight excluding hydrogens is 246 g/mol. The van der Waals surface area contributed by atoms with Crippen molar-refractivity contribution >= 4 is 28.7 Å². The minimum Gasteiger partial charge on any atom is -0.391 e. The van der Waals surface area contributed by atoms with E-state index in [1.807, 2.05) is 0 Å². The summed E-state index contributed by atoms with van der Waals surface area (Å²) in [5, 5.41) is 9.65. The minimum absolute atomic E-state index is 0.0859. The number of nitrogens with zero attached hydrogens (tertiary/aromatic N) is 4. The van der Waals surface area contributed by atoms with Crippen LogP contribution in [0.1, 0.15) is 12.6 Å². The van der Waals surface area contributed by atoms with Gasteiger partial charge < -0.3 is 15.6 Å². The Kier molecular flexibility index (Phi) is 2.39. The van der Waals surface area contributed by atoms with Crippen LogP contribution < -0.4 is 5.73 Å². The van der Waals surface area contributed by atoms with Crippen molar-refractivity contribution in [3.8, 4) is 0 Å². The number of hydrogen-bond donors (Lipinski definition) is 2. The predicted molar refractivity (Wildman–Crippen MR) is 60.4 cm³/mol. The maximum atomic E-state index is 9.44. The summed E-state index contributed by atoms with van der Waals surface area (Å²) < 4.78 is 7.13. The largest absolute Gasteiger partial charge is 0.391 e. The lowest BCUT2D eigenvalue weighted by atomic mass is 10.3. The molecule has 0 bridgehead atoms. The number of hydrogen-bond acceptors (Lipinski definition) is 6. The summed E-state index contributed by atoms with van der Waals surface area (Å²) in [4.78, 5) is 12.0. The zero-order valence-electron chi connectivity index (χ0n) is 8.75. The second kappa shape index (κ2) is 3.80. The van der Waals surface area contributed by atoms with Crippen LogP contribution in [0, 0.1) is 0 Å². The number of aromatic nitrogens is 4. The Bertz CT molecular complexity index is 572. The fraction of sp³-hybridized carbons (Fsp3) is 0.444. The number of aliphatic hydroxyl groups is 1. The van der Waals surface area contributed by atoms with Crippen LogP contribution in [0.25, 0.3) is 11.2 Å². The minimum atomic E-state index is -0.466. The van der Waals surface area contributed by atoms with Crippen LogP contribution >= 0.6 is 11.6 Å². The highest BCUT2D eigenvalue weighted by atomic mass is 35.5. The van der Waals surface area contributed by atoms with E-state index in [1.165, 1.54) is 0 Å². The second-order valence-electron chi connectivity index (χ2n) is 3.87. The highest BCUT2D eigenvalue weighted by molar-refractivity contribution is 6.33. The number of ether oxygens (including phenoxy) is 1. The molecule has 7 nitrogen and oxygen atoms in total. The third-order valence-electron chi connectivity index (χ3n) is 2.66. The molecule has 17 heavy (non-hydrogen) atoms. The van der Waals surface area contributed by atoms with Crippen molar-refractivity contribution in [1.82, 2.24) is 19.5 Å². The van der Waals surface area contributed by atoms with Crippen LogP contribution in [0.5, 0.6) is 0 Å². The van der Waals surface area contributed by atoms with E-state index in [1.54, 1.807) is 10.9 Å². The van der Waals surface area contributed by atoms with E-state index in [4.69, 9.17) is 22.1 Å². The van der Waals surface area contributed by atoms with Gasteiger partial charge in [0.05, 0.1) is 19.0 Å². The average Bonchev–Trinajstić information content (AvgIpc) is 2.83. The first kappa shape index (κ1) is 10.7. The van der Waals surface area contributed by atoms with Crippen molar-refractivity contribution in [1.29, 1.82) is 0 Å². The first-order valence-electron chi connectivity index (χ1n) is 5.10. The molecule has 0 aliphatic carbocycles. The quantitative estimate of drug-likeness (QED) is 0.713. The maximum Gasteiger partial charge on any atom is 0.223 e. The lowest BCUT2D eigenvalue weighted by Gasteiger charge is -2.11. The first-order valence-corrected chi connectivity index (χ1v) is 5.48. The van der Waals surface area contributed by atoms with Gasteiger partial charge in [-0.15, -0.1) is 0 Å². The summed E-state index contributed by atoms with van der Waals surface area (Å²) >= 11 is 5.91. The van der Waals surface area contributed by atoms with E-state index < -0.39 is 6.10 Å². The van der Waals surface area contributed by atoms with Gasteiger partial charge in [-0.1, -0.05) is 11.6 Å². The van der Waals surface area contributed by atoms with Gasteiger partial charge in [0.2, 0.25) is 5.95 Å². The smallest absolute Gasteiger partial charge is 0.223 e. The number of nitrogen functional groups attached to an aromatic ring is 1. The lowest BCUT2D eigenvalue weighted by Crippen LogP contribution is -2.08. The number of nitrogens with two attached hydrogens (primary N) is 1. The number of fused-ring (bicyclic) bond motifs is 1. The third kappa shape index (κ3) is 1.72. The highest BCUT2D eigenvalue weighted by Gasteiger charge is 2.27. The Morgan fingerprint density at radius 2 is 2.35 bits per heavy atom. The number of aliphatic hydroxyl groups excluding tert-OH is 1. The van der Waals surface area contributed by atoms with Crippen LogP contribution in [-0.2, 0) is 4.74 Å². The molecule has 8 heteroatoms. The Morgan fingerprint density at radius 3 is 3.06 bits per heavy atom. The van der Waals surface area contributed by atoms with Crippen LogP contribution in [0.15, 0.2) is 6.33 Å². The summed E-state index contributed by atoms with van der Waals surface area (Å²) in [6, 6.07) is 0. The van der Waals surface area contributed by atoms with Crippen molar-refractivity contribution in [2.24, 2.45) is 0 Å². The molecule has 90 valence electrons. The summed E-state index contributed by atoms with van der Waals surface area (Å²) in [6.45, 7) is 0.304. The topological polar surface area (TPSA) is 99.1 Å².